The second kappa shape index (κ2) is 6.37. The smallest absolute Gasteiger partial charge is 0 e. The van der Waals surface area contributed by atoms with Crippen molar-refractivity contribution < 1.29 is 20.4 Å². The molecule has 0 aromatic heterocycles. The maximum absolute atomic E-state index is 5.43. The summed E-state index contributed by atoms with van der Waals surface area (Å²) in [6, 6.07) is 10.3. The molecule has 0 saturated carbocycles. The molecule has 1 nitrogen and oxygen atoms in total. The SMILES string of the molecule is [CH2-]C(CCN)c1ccccc1.[Pd]. The number of hydrogen-bond donors (Lipinski definition) is 1. The number of nitrogens with two attached hydrogens (primary N) is 1. The van der Waals surface area contributed by atoms with Gasteiger partial charge in [0.15, 0.2) is 0 Å². The molecule has 1 rings (SSSR count). The Labute approximate surface area is 88.0 Å². The van der Waals surface area contributed by atoms with Crippen LogP contribution in [-0.4, -0.2) is 6.54 Å². The van der Waals surface area contributed by atoms with Gasteiger partial charge >= 0.3 is 0 Å². The van der Waals surface area contributed by atoms with Crippen molar-refractivity contribution in [2.75, 3.05) is 6.54 Å². The van der Waals surface area contributed by atoms with Crippen molar-refractivity contribution in [3.63, 3.8) is 0 Å². The Kier molecular flexibility index (Phi) is 6.28. The second-order valence-corrected chi connectivity index (χ2v) is 2.68. The Morgan fingerprint density at radius 3 is 2.33 bits per heavy atom. The van der Waals surface area contributed by atoms with Gasteiger partial charge < -0.3 is 12.7 Å². The van der Waals surface area contributed by atoms with Crippen LogP contribution in [-0.2, 0) is 20.4 Å². The first-order valence-electron chi connectivity index (χ1n) is 3.92. The van der Waals surface area contributed by atoms with E-state index in [0.717, 1.165) is 6.42 Å². The molecule has 0 aliphatic heterocycles. The van der Waals surface area contributed by atoms with Gasteiger partial charge in [0, 0.05) is 20.4 Å². The third kappa shape index (κ3) is 3.49. The first-order chi connectivity index (χ1) is 5.34. The van der Waals surface area contributed by atoms with Crippen LogP contribution in [0.15, 0.2) is 30.3 Å². The molecule has 1 aromatic rings. The minimum absolute atomic E-state index is 0. The predicted octanol–water partition coefficient (Wildman–Crippen LogP) is 1.95. The number of benzene rings is 1. The van der Waals surface area contributed by atoms with Crippen molar-refractivity contribution in [1.29, 1.82) is 0 Å². The quantitative estimate of drug-likeness (QED) is 0.648. The molecule has 1 atom stereocenters. The topological polar surface area (TPSA) is 26.0 Å². The Morgan fingerprint density at radius 2 is 1.83 bits per heavy atom. The monoisotopic (exact) mass is 254 g/mol. The van der Waals surface area contributed by atoms with Crippen molar-refractivity contribution in [3.8, 4) is 0 Å². The molecule has 0 aliphatic carbocycles. The van der Waals surface area contributed by atoms with E-state index in [2.05, 4.69) is 19.1 Å². The van der Waals surface area contributed by atoms with Crippen LogP contribution in [0.2, 0.25) is 0 Å². The molecule has 12 heavy (non-hydrogen) atoms. The third-order valence-corrected chi connectivity index (χ3v) is 1.79. The Hall–Kier alpha value is -0.158. The van der Waals surface area contributed by atoms with E-state index in [1.807, 2.05) is 18.2 Å². The molecule has 0 amide bonds. The van der Waals surface area contributed by atoms with Crippen LogP contribution in [0.5, 0.6) is 0 Å². The Balaban J connectivity index is 0.00000121. The molecule has 1 unspecified atom stereocenters. The summed E-state index contributed by atoms with van der Waals surface area (Å²) in [5.74, 6) is 0.348. The summed E-state index contributed by atoms with van der Waals surface area (Å²) in [5.41, 5.74) is 6.70. The summed E-state index contributed by atoms with van der Waals surface area (Å²) >= 11 is 0. The van der Waals surface area contributed by atoms with Gasteiger partial charge in [-0.3, -0.25) is 0 Å². The molecule has 0 fully saturated rings. The van der Waals surface area contributed by atoms with E-state index in [-0.39, 0.29) is 20.4 Å². The maximum atomic E-state index is 5.43. The summed E-state index contributed by atoms with van der Waals surface area (Å²) in [5, 5.41) is 0. The molecule has 0 spiro atoms. The first-order valence-corrected chi connectivity index (χ1v) is 3.92. The minimum atomic E-state index is 0. The molecule has 0 aliphatic rings. The molecule has 0 radical (unpaired) electrons. The van der Waals surface area contributed by atoms with Crippen molar-refractivity contribution in [2.24, 2.45) is 5.73 Å². The molecule has 0 saturated heterocycles. The van der Waals surface area contributed by atoms with Crippen LogP contribution in [0.4, 0.5) is 0 Å². The van der Waals surface area contributed by atoms with Gasteiger partial charge in [-0.2, -0.15) is 0 Å². The summed E-state index contributed by atoms with van der Waals surface area (Å²) in [6.45, 7) is 4.73. The molecular weight excluding hydrogens is 241 g/mol. The molecule has 1 aromatic carbocycles. The van der Waals surface area contributed by atoms with Crippen LogP contribution < -0.4 is 5.73 Å². The molecule has 2 N–H and O–H groups in total. The Bertz CT molecular complexity index is 198. The summed E-state index contributed by atoms with van der Waals surface area (Å²) in [6.07, 6.45) is 0.962. The van der Waals surface area contributed by atoms with Crippen LogP contribution in [0.1, 0.15) is 17.9 Å². The van der Waals surface area contributed by atoms with E-state index in [1.165, 1.54) is 5.56 Å². The van der Waals surface area contributed by atoms with Crippen molar-refractivity contribution >= 4 is 0 Å². The van der Waals surface area contributed by atoms with Crippen molar-refractivity contribution in [3.05, 3.63) is 42.8 Å². The van der Waals surface area contributed by atoms with Crippen LogP contribution in [0, 0.1) is 6.92 Å². The van der Waals surface area contributed by atoms with Gasteiger partial charge in [0.25, 0.3) is 0 Å². The maximum Gasteiger partial charge on any atom is 0 e. The third-order valence-electron chi connectivity index (χ3n) is 1.79. The van der Waals surface area contributed by atoms with E-state index in [0.29, 0.717) is 12.5 Å². The Morgan fingerprint density at radius 1 is 1.25 bits per heavy atom. The normalized spacial score (nSPS) is 11.8. The van der Waals surface area contributed by atoms with Crippen LogP contribution >= 0.6 is 0 Å². The molecular formula is C10H14NPd-. The predicted molar refractivity (Wildman–Crippen MR) is 48.2 cm³/mol. The van der Waals surface area contributed by atoms with E-state index in [1.54, 1.807) is 0 Å². The van der Waals surface area contributed by atoms with Crippen LogP contribution in [0.3, 0.4) is 0 Å². The van der Waals surface area contributed by atoms with Gasteiger partial charge in [0.05, 0.1) is 0 Å². The van der Waals surface area contributed by atoms with Crippen molar-refractivity contribution in [1.82, 2.24) is 0 Å². The van der Waals surface area contributed by atoms with Crippen LogP contribution in [0.25, 0.3) is 0 Å². The van der Waals surface area contributed by atoms with E-state index < -0.39 is 0 Å². The van der Waals surface area contributed by atoms with Gasteiger partial charge in [-0.15, -0.1) is 5.92 Å². The fraction of sp³-hybridized carbons (Fsp3) is 0.300. The zero-order valence-corrected chi connectivity index (χ0v) is 8.53. The van der Waals surface area contributed by atoms with Gasteiger partial charge in [-0.1, -0.05) is 42.3 Å². The molecule has 0 heterocycles. The van der Waals surface area contributed by atoms with Gasteiger partial charge in [0.1, 0.15) is 0 Å². The van der Waals surface area contributed by atoms with E-state index in [9.17, 15) is 0 Å². The molecule has 70 valence electrons. The first kappa shape index (κ1) is 11.8. The van der Waals surface area contributed by atoms with Crippen molar-refractivity contribution in [2.45, 2.75) is 12.3 Å². The largest absolute Gasteiger partial charge is 0.336 e. The fourth-order valence-corrected chi connectivity index (χ4v) is 1.09. The van der Waals surface area contributed by atoms with Gasteiger partial charge in [0.2, 0.25) is 0 Å². The summed E-state index contributed by atoms with van der Waals surface area (Å²) in [4.78, 5) is 0. The van der Waals surface area contributed by atoms with E-state index >= 15 is 0 Å². The summed E-state index contributed by atoms with van der Waals surface area (Å²) in [7, 11) is 0. The standard InChI is InChI=1S/C10H14N.Pd/c1-9(7-8-11)10-5-3-2-4-6-10;/h2-6,9H,1,7-8,11H2;/q-1;. The van der Waals surface area contributed by atoms with E-state index in [4.69, 9.17) is 5.73 Å². The second-order valence-electron chi connectivity index (χ2n) is 2.68. The molecule has 0 bridgehead atoms. The van der Waals surface area contributed by atoms with Gasteiger partial charge in [-0.05, 0) is 6.54 Å². The zero-order chi connectivity index (χ0) is 8.10. The zero-order valence-electron chi connectivity index (χ0n) is 6.98. The molecule has 2 heteroatoms. The average molecular weight is 255 g/mol. The van der Waals surface area contributed by atoms with Gasteiger partial charge in [-0.25, -0.2) is 0 Å². The summed E-state index contributed by atoms with van der Waals surface area (Å²) < 4.78 is 0. The fourth-order valence-electron chi connectivity index (χ4n) is 1.09. The number of hydrogen-bond acceptors (Lipinski definition) is 1. The minimum Gasteiger partial charge on any atom is -0.336 e. The average Bonchev–Trinajstić information content (AvgIpc) is 2.07. The number of rotatable bonds is 3.